The van der Waals surface area contributed by atoms with Gasteiger partial charge in [-0.05, 0) is 36.2 Å². The lowest BCUT2D eigenvalue weighted by Crippen LogP contribution is -2.26. The number of aromatic nitrogens is 1. The number of pyridine rings is 1. The molecule has 6 heteroatoms. The maximum absolute atomic E-state index is 12.4. The number of carbonyl (C=O) groups excluding carboxylic acids is 2. The lowest BCUT2D eigenvalue weighted by atomic mass is 10.1. The molecule has 138 valence electrons. The van der Waals surface area contributed by atoms with E-state index >= 15 is 0 Å². The maximum Gasteiger partial charge on any atom is 0.274 e. The average molecular weight is 370 g/mol. The number of amides is 2. The smallest absolute Gasteiger partial charge is 0.274 e. The SMILES string of the molecule is N#Cc1ccccc1NC(=O)c1cc(C(=O)NCCc2ccccc2)ccn1. The van der Waals surface area contributed by atoms with Gasteiger partial charge in [-0.2, -0.15) is 5.26 Å². The third kappa shape index (κ3) is 4.80. The average Bonchev–Trinajstić information content (AvgIpc) is 2.75. The van der Waals surface area contributed by atoms with E-state index in [1.807, 2.05) is 36.4 Å². The van der Waals surface area contributed by atoms with Crippen LogP contribution in [0.5, 0.6) is 0 Å². The van der Waals surface area contributed by atoms with Gasteiger partial charge >= 0.3 is 0 Å². The zero-order chi connectivity index (χ0) is 19.8. The number of rotatable bonds is 6. The van der Waals surface area contributed by atoms with Crippen molar-refractivity contribution in [3.05, 3.63) is 95.3 Å². The van der Waals surface area contributed by atoms with Crippen LogP contribution in [-0.2, 0) is 6.42 Å². The Morgan fingerprint density at radius 1 is 0.964 bits per heavy atom. The molecule has 1 heterocycles. The fourth-order valence-electron chi connectivity index (χ4n) is 2.64. The van der Waals surface area contributed by atoms with Gasteiger partial charge in [-0.1, -0.05) is 42.5 Å². The van der Waals surface area contributed by atoms with Crippen LogP contribution in [0.15, 0.2) is 72.9 Å². The van der Waals surface area contributed by atoms with E-state index in [4.69, 9.17) is 5.26 Å². The highest BCUT2D eigenvalue weighted by atomic mass is 16.2. The first-order valence-corrected chi connectivity index (χ1v) is 8.76. The molecule has 0 unspecified atom stereocenters. The molecular formula is C22H18N4O2. The highest BCUT2D eigenvalue weighted by Gasteiger charge is 2.13. The lowest BCUT2D eigenvalue weighted by Gasteiger charge is -2.08. The molecule has 2 N–H and O–H groups in total. The van der Waals surface area contributed by atoms with Crippen LogP contribution < -0.4 is 10.6 Å². The van der Waals surface area contributed by atoms with Crippen molar-refractivity contribution in [1.29, 1.82) is 5.26 Å². The second-order valence-corrected chi connectivity index (χ2v) is 6.03. The molecular weight excluding hydrogens is 352 g/mol. The van der Waals surface area contributed by atoms with Gasteiger partial charge in [-0.15, -0.1) is 0 Å². The molecule has 2 aromatic carbocycles. The molecule has 0 spiro atoms. The number of anilines is 1. The predicted octanol–water partition coefficient (Wildman–Crippen LogP) is 3.18. The fraction of sp³-hybridized carbons (Fsp3) is 0.0909. The van der Waals surface area contributed by atoms with E-state index < -0.39 is 5.91 Å². The molecule has 0 aliphatic carbocycles. The van der Waals surface area contributed by atoms with E-state index in [1.54, 1.807) is 30.3 Å². The quantitative estimate of drug-likeness (QED) is 0.697. The van der Waals surface area contributed by atoms with Crippen LogP contribution in [-0.4, -0.2) is 23.3 Å². The first-order chi connectivity index (χ1) is 13.7. The van der Waals surface area contributed by atoms with Crippen molar-refractivity contribution in [2.24, 2.45) is 0 Å². The minimum Gasteiger partial charge on any atom is -0.352 e. The fourth-order valence-corrected chi connectivity index (χ4v) is 2.64. The Balaban J connectivity index is 1.63. The van der Waals surface area contributed by atoms with Gasteiger partial charge in [-0.3, -0.25) is 14.6 Å². The summed E-state index contributed by atoms with van der Waals surface area (Å²) in [6, 6.07) is 21.5. The van der Waals surface area contributed by atoms with Gasteiger partial charge in [0.2, 0.25) is 0 Å². The molecule has 1 aromatic heterocycles. The monoisotopic (exact) mass is 370 g/mol. The topological polar surface area (TPSA) is 94.9 Å². The number of hydrogen-bond donors (Lipinski definition) is 2. The number of para-hydroxylation sites is 1. The molecule has 0 saturated carbocycles. The summed E-state index contributed by atoms with van der Waals surface area (Å²) in [6.07, 6.45) is 2.13. The van der Waals surface area contributed by atoms with E-state index in [1.165, 1.54) is 12.3 Å². The van der Waals surface area contributed by atoms with Gasteiger partial charge in [-0.25, -0.2) is 0 Å². The number of nitriles is 1. The molecule has 0 saturated heterocycles. The third-order valence-corrected chi connectivity index (χ3v) is 4.09. The standard InChI is InChI=1S/C22H18N4O2/c23-15-18-8-4-5-9-19(18)26-22(28)20-14-17(11-13-24-20)21(27)25-12-10-16-6-2-1-3-7-16/h1-9,11,13-14H,10,12H2,(H,25,27)(H,26,28). The minimum atomic E-state index is -0.485. The molecule has 0 radical (unpaired) electrons. The van der Waals surface area contributed by atoms with Crippen molar-refractivity contribution in [1.82, 2.24) is 10.3 Å². The van der Waals surface area contributed by atoms with Gasteiger partial charge in [0.25, 0.3) is 11.8 Å². The molecule has 0 atom stereocenters. The van der Waals surface area contributed by atoms with Crippen molar-refractivity contribution >= 4 is 17.5 Å². The predicted molar refractivity (Wildman–Crippen MR) is 106 cm³/mol. The van der Waals surface area contributed by atoms with Gasteiger partial charge in [0.1, 0.15) is 11.8 Å². The van der Waals surface area contributed by atoms with E-state index in [9.17, 15) is 9.59 Å². The van der Waals surface area contributed by atoms with Gasteiger partial charge in [0.05, 0.1) is 11.3 Å². The molecule has 0 fully saturated rings. The van der Waals surface area contributed by atoms with Crippen molar-refractivity contribution in [2.45, 2.75) is 6.42 Å². The van der Waals surface area contributed by atoms with E-state index in [-0.39, 0.29) is 11.6 Å². The van der Waals surface area contributed by atoms with Crippen LogP contribution in [0, 0.1) is 11.3 Å². The third-order valence-electron chi connectivity index (χ3n) is 4.09. The second-order valence-electron chi connectivity index (χ2n) is 6.03. The molecule has 2 amide bonds. The molecule has 6 nitrogen and oxygen atoms in total. The Hall–Kier alpha value is -3.98. The largest absolute Gasteiger partial charge is 0.352 e. The molecule has 0 aliphatic rings. The van der Waals surface area contributed by atoms with Gasteiger partial charge in [0, 0.05) is 18.3 Å². The number of carbonyl (C=O) groups is 2. The minimum absolute atomic E-state index is 0.100. The Morgan fingerprint density at radius 3 is 2.50 bits per heavy atom. The second kappa shape index (κ2) is 9.10. The molecule has 3 aromatic rings. The number of nitrogens with one attached hydrogen (secondary N) is 2. The Labute approximate surface area is 162 Å². The first-order valence-electron chi connectivity index (χ1n) is 8.76. The van der Waals surface area contributed by atoms with Crippen LogP contribution in [0.4, 0.5) is 5.69 Å². The summed E-state index contributed by atoms with van der Waals surface area (Å²) in [5, 5.41) is 14.6. The molecule has 0 aliphatic heterocycles. The number of hydrogen-bond acceptors (Lipinski definition) is 4. The van der Waals surface area contributed by atoms with Gasteiger partial charge in [0.15, 0.2) is 0 Å². The van der Waals surface area contributed by atoms with Crippen molar-refractivity contribution in [3.63, 3.8) is 0 Å². The lowest BCUT2D eigenvalue weighted by molar-refractivity contribution is 0.0954. The first kappa shape index (κ1) is 18.8. The van der Waals surface area contributed by atoms with Crippen molar-refractivity contribution in [2.75, 3.05) is 11.9 Å². The molecule has 0 bridgehead atoms. The Kier molecular flexibility index (Phi) is 6.11. The zero-order valence-electron chi connectivity index (χ0n) is 15.1. The van der Waals surface area contributed by atoms with E-state index in [0.717, 1.165) is 12.0 Å². The van der Waals surface area contributed by atoms with Crippen LogP contribution >= 0.6 is 0 Å². The maximum atomic E-state index is 12.4. The summed E-state index contributed by atoms with van der Waals surface area (Å²) in [5.41, 5.74) is 2.33. The summed E-state index contributed by atoms with van der Waals surface area (Å²) >= 11 is 0. The van der Waals surface area contributed by atoms with Crippen molar-refractivity contribution < 1.29 is 9.59 Å². The summed E-state index contributed by atoms with van der Waals surface area (Å²) < 4.78 is 0. The normalized spacial score (nSPS) is 9.96. The number of benzene rings is 2. The van der Waals surface area contributed by atoms with E-state index in [0.29, 0.717) is 23.4 Å². The van der Waals surface area contributed by atoms with Crippen LogP contribution in [0.2, 0.25) is 0 Å². The highest BCUT2D eigenvalue weighted by molar-refractivity contribution is 6.05. The van der Waals surface area contributed by atoms with Crippen LogP contribution in [0.3, 0.4) is 0 Å². The summed E-state index contributed by atoms with van der Waals surface area (Å²) in [6.45, 7) is 0.488. The summed E-state index contributed by atoms with van der Waals surface area (Å²) in [4.78, 5) is 28.8. The molecule has 28 heavy (non-hydrogen) atoms. The summed E-state index contributed by atoms with van der Waals surface area (Å²) in [5.74, 6) is -0.758. The highest BCUT2D eigenvalue weighted by Crippen LogP contribution is 2.15. The van der Waals surface area contributed by atoms with Crippen molar-refractivity contribution in [3.8, 4) is 6.07 Å². The van der Waals surface area contributed by atoms with Crippen LogP contribution in [0.1, 0.15) is 32.0 Å². The van der Waals surface area contributed by atoms with Crippen LogP contribution in [0.25, 0.3) is 0 Å². The number of nitrogens with zero attached hydrogens (tertiary/aromatic N) is 2. The Bertz CT molecular complexity index is 1030. The zero-order valence-corrected chi connectivity index (χ0v) is 15.1. The van der Waals surface area contributed by atoms with Gasteiger partial charge < -0.3 is 10.6 Å². The molecule has 3 rings (SSSR count). The van der Waals surface area contributed by atoms with E-state index in [2.05, 4.69) is 15.6 Å². The Morgan fingerprint density at radius 2 is 1.71 bits per heavy atom. The summed E-state index contributed by atoms with van der Waals surface area (Å²) in [7, 11) is 0.